The summed E-state index contributed by atoms with van der Waals surface area (Å²) >= 11 is 0. The van der Waals surface area contributed by atoms with Crippen LogP contribution in [0.5, 0.6) is 0 Å². The number of unbranched alkanes of at least 4 members (excludes halogenated alkanes) is 1. The molecule has 1 N–H and O–H groups in total. The van der Waals surface area contributed by atoms with Crippen LogP contribution in [0.15, 0.2) is 24.3 Å². The Kier molecular flexibility index (Phi) is 5.17. The molecule has 2 heteroatoms. The number of hydrogen-bond donors (Lipinski definition) is 1. The van der Waals surface area contributed by atoms with E-state index in [2.05, 4.69) is 6.58 Å². The van der Waals surface area contributed by atoms with Gasteiger partial charge >= 0.3 is 5.97 Å². The van der Waals surface area contributed by atoms with Gasteiger partial charge in [0, 0.05) is 5.57 Å². The van der Waals surface area contributed by atoms with Gasteiger partial charge < -0.3 is 5.11 Å². The summed E-state index contributed by atoms with van der Waals surface area (Å²) < 4.78 is 0. The van der Waals surface area contributed by atoms with Crippen LogP contribution in [0, 0.1) is 0 Å². The van der Waals surface area contributed by atoms with Crippen molar-refractivity contribution in [3.8, 4) is 0 Å². The first-order valence-corrected chi connectivity index (χ1v) is 3.77. The number of carboxylic acids is 1. The molecule has 0 aliphatic rings. The van der Waals surface area contributed by atoms with Crippen molar-refractivity contribution < 1.29 is 9.90 Å². The molecule has 0 radical (unpaired) electrons. The van der Waals surface area contributed by atoms with Gasteiger partial charge in [-0.3, -0.25) is 0 Å². The average molecular weight is 154 g/mol. The zero-order valence-electron chi connectivity index (χ0n) is 6.84. The lowest BCUT2D eigenvalue weighted by Crippen LogP contribution is -1.99. The fourth-order valence-electron chi connectivity index (χ4n) is 0.771. The summed E-state index contributed by atoms with van der Waals surface area (Å²) in [7, 11) is 0. The van der Waals surface area contributed by atoms with E-state index in [1.807, 2.05) is 6.92 Å². The van der Waals surface area contributed by atoms with Crippen LogP contribution in [0.1, 0.15) is 26.2 Å². The molecule has 0 saturated heterocycles. The predicted molar refractivity (Wildman–Crippen MR) is 45.4 cm³/mol. The molecule has 0 aromatic rings. The number of aliphatic carboxylic acids is 1. The van der Waals surface area contributed by atoms with Gasteiger partial charge in [-0.05, 0) is 12.8 Å². The van der Waals surface area contributed by atoms with E-state index in [4.69, 9.17) is 5.11 Å². The molecule has 0 aliphatic heterocycles. The first-order chi connectivity index (χ1) is 5.22. The third-order valence-corrected chi connectivity index (χ3v) is 1.39. The summed E-state index contributed by atoms with van der Waals surface area (Å²) in [4.78, 5) is 10.5. The van der Waals surface area contributed by atoms with Gasteiger partial charge in [0.15, 0.2) is 0 Å². The van der Waals surface area contributed by atoms with E-state index in [0.29, 0.717) is 12.0 Å². The number of carbonyl (C=O) groups is 1. The van der Waals surface area contributed by atoms with E-state index in [1.165, 1.54) is 6.08 Å². The Hall–Kier alpha value is -1.05. The van der Waals surface area contributed by atoms with Crippen molar-refractivity contribution in [3.63, 3.8) is 0 Å². The van der Waals surface area contributed by atoms with Gasteiger partial charge in [-0.1, -0.05) is 32.1 Å². The smallest absolute Gasteiger partial charge is 0.331 e. The lowest BCUT2D eigenvalue weighted by molar-refractivity contribution is -0.132. The second-order valence-electron chi connectivity index (χ2n) is 2.34. The van der Waals surface area contributed by atoms with Crippen molar-refractivity contribution in [3.05, 3.63) is 24.3 Å². The molecular formula is C9H14O2. The third kappa shape index (κ3) is 4.37. The SMILES string of the molecule is C=C/C=C(\CCCC)C(=O)O. The topological polar surface area (TPSA) is 37.3 Å². The summed E-state index contributed by atoms with van der Waals surface area (Å²) in [6, 6.07) is 0. The van der Waals surface area contributed by atoms with Crippen molar-refractivity contribution in [2.24, 2.45) is 0 Å². The molecule has 0 aliphatic carbocycles. The zero-order chi connectivity index (χ0) is 8.69. The summed E-state index contributed by atoms with van der Waals surface area (Å²) in [5.74, 6) is -0.835. The molecule has 2 nitrogen and oxygen atoms in total. The van der Waals surface area contributed by atoms with Crippen molar-refractivity contribution in [2.75, 3.05) is 0 Å². The Labute approximate surface area is 67.2 Å². The van der Waals surface area contributed by atoms with Crippen LogP contribution in [0.4, 0.5) is 0 Å². The molecule has 11 heavy (non-hydrogen) atoms. The van der Waals surface area contributed by atoms with Crippen LogP contribution in [0.2, 0.25) is 0 Å². The lowest BCUT2D eigenvalue weighted by Gasteiger charge is -1.97. The molecule has 0 unspecified atom stereocenters. The van der Waals surface area contributed by atoms with Crippen LogP contribution in [0.3, 0.4) is 0 Å². The highest BCUT2D eigenvalue weighted by atomic mass is 16.4. The van der Waals surface area contributed by atoms with Gasteiger partial charge in [0.05, 0.1) is 0 Å². The summed E-state index contributed by atoms with van der Waals surface area (Å²) in [6.07, 6.45) is 5.64. The number of rotatable bonds is 5. The van der Waals surface area contributed by atoms with Gasteiger partial charge in [-0.25, -0.2) is 4.79 Å². The Morgan fingerprint density at radius 1 is 1.64 bits per heavy atom. The van der Waals surface area contributed by atoms with E-state index >= 15 is 0 Å². The van der Waals surface area contributed by atoms with Gasteiger partial charge in [0.1, 0.15) is 0 Å². The number of allylic oxidation sites excluding steroid dienone is 2. The van der Waals surface area contributed by atoms with Crippen molar-refractivity contribution >= 4 is 5.97 Å². The Bertz CT molecular complexity index is 168. The maximum Gasteiger partial charge on any atom is 0.331 e. The molecule has 0 fully saturated rings. The number of carboxylic acid groups (broad SMARTS) is 1. The third-order valence-electron chi connectivity index (χ3n) is 1.39. The molecule has 0 bridgehead atoms. The summed E-state index contributed by atoms with van der Waals surface area (Å²) in [6.45, 7) is 5.49. The van der Waals surface area contributed by atoms with Crippen LogP contribution < -0.4 is 0 Å². The van der Waals surface area contributed by atoms with E-state index in [9.17, 15) is 4.79 Å². The molecule has 0 spiro atoms. The Balaban J connectivity index is 4.00. The predicted octanol–water partition coefficient (Wildman–Crippen LogP) is 2.37. The molecule has 0 heterocycles. The second-order valence-corrected chi connectivity index (χ2v) is 2.34. The fraction of sp³-hybridized carbons (Fsp3) is 0.444. The van der Waals surface area contributed by atoms with Crippen LogP contribution in [0.25, 0.3) is 0 Å². The zero-order valence-corrected chi connectivity index (χ0v) is 6.84. The van der Waals surface area contributed by atoms with E-state index in [1.54, 1.807) is 6.08 Å². The minimum atomic E-state index is -0.835. The van der Waals surface area contributed by atoms with E-state index < -0.39 is 5.97 Å². The van der Waals surface area contributed by atoms with Crippen molar-refractivity contribution in [2.45, 2.75) is 26.2 Å². The van der Waals surface area contributed by atoms with Gasteiger partial charge in [0.25, 0.3) is 0 Å². The summed E-state index contributed by atoms with van der Waals surface area (Å²) in [5, 5.41) is 8.61. The molecule has 0 aromatic heterocycles. The quantitative estimate of drug-likeness (QED) is 0.487. The van der Waals surface area contributed by atoms with Crippen LogP contribution >= 0.6 is 0 Å². The Morgan fingerprint density at radius 2 is 2.27 bits per heavy atom. The Morgan fingerprint density at radius 3 is 2.64 bits per heavy atom. The standard InChI is InChI=1S/C9H14O2/c1-3-5-7-8(6-4-2)9(10)11/h4,6H,2-3,5,7H2,1H3,(H,10,11)/b8-6+. The first-order valence-electron chi connectivity index (χ1n) is 3.77. The number of hydrogen-bond acceptors (Lipinski definition) is 1. The van der Waals surface area contributed by atoms with Crippen molar-refractivity contribution in [1.29, 1.82) is 0 Å². The largest absolute Gasteiger partial charge is 0.478 e. The lowest BCUT2D eigenvalue weighted by atomic mass is 10.1. The maximum atomic E-state index is 10.5. The van der Waals surface area contributed by atoms with E-state index in [-0.39, 0.29) is 0 Å². The van der Waals surface area contributed by atoms with Crippen molar-refractivity contribution in [1.82, 2.24) is 0 Å². The molecule has 0 rings (SSSR count). The van der Waals surface area contributed by atoms with Crippen LogP contribution in [-0.4, -0.2) is 11.1 Å². The highest BCUT2D eigenvalue weighted by Gasteiger charge is 2.03. The minimum Gasteiger partial charge on any atom is -0.478 e. The molecule has 0 aromatic carbocycles. The molecule has 0 amide bonds. The van der Waals surface area contributed by atoms with Gasteiger partial charge in [-0.2, -0.15) is 0 Å². The first kappa shape index (κ1) is 9.95. The fourth-order valence-corrected chi connectivity index (χ4v) is 0.771. The van der Waals surface area contributed by atoms with Gasteiger partial charge in [0.2, 0.25) is 0 Å². The molecule has 0 atom stereocenters. The van der Waals surface area contributed by atoms with Gasteiger partial charge in [-0.15, -0.1) is 0 Å². The normalized spacial score (nSPS) is 11.2. The highest BCUT2D eigenvalue weighted by molar-refractivity contribution is 5.86. The molecule has 0 saturated carbocycles. The molecule has 62 valence electrons. The second kappa shape index (κ2) is 5.71. The maximum absolute atomic E-state index is 10.5. The monoisotopic (exact) mass is 154 g/mol. The minimum absolute atomic E-state index is 0.446. The van der Waals surface area contributed by atoms with Crippen LogP contribution in [-0.2, 0) is 4.79 Å². The average Bonchev–Trinajstić information content (AvgIpc) is 1.97. The highest BCUT2D eigenvalue weighted by Crippen LogP contribution is 2.06. The van der Waals surface area contributed by atoms with E-state index in [0.717, 1.165) is 12.8 Å². The summed E-state index contributed by atoms with van der Waals surface area (Å²) in [5.41, 5.74) is 0.446. The molecular weight excluding hydrogens is 140 g/mol.